The highest BCUT2D eigenvalue weighted by molar-refractivity contribution is 5.84. The molecule has 0 bridgehead atoms. The predicted octanol–water partition coefficient (Wildman–Crippen LogP) is 4.98. The van der Waals surface area contributed by atoms with Crippen molar-refractivity contribution >= 4 is 5.82 Å². The third-order valence-electron chi connectivity index (χ3n) is 4.56. The third-order valence-corrected chi connectivity index (χ3v) is 4.56. The summed E-state index contributed by atoms with van der Waals surface area (Å²) in [6.45, 7) is 4.70. The number of methoxy groups -OCH3 is 1. The zero-order chi connectivity index (χ0) is 20.1. The molecule has 0 aliphatic rings. The topological polar surface area (TPSA) is 81.2 Å². The van der Waals surface area contributed by atoms with Gasteiger partial charge < -0.3 is 15.2 Å². The van der Waals surface area contributed by atoms with Gasteiger partial charge in [-0.15, -0.1) is 0 Å². The summed E-state index contributed by atoms with van der Waals surface area (Å²) in [6.07, 6.45) is 0.950. The fourth-order valence-corrected chi connectivity index (χ4v) is 3.14. The molecule has 0 unspecified atom stereocenters. The number of hydrogen-bond donors (Lipinski definition) is 1. The summed E-state index contributed by atoms with van der Waals surface area (Å²) in [7, 11) is 1.63. The SMILES string of the molecule is CCCOc1ccc(-c2c(C)c(-c3ccc(OC)cc3)nc(N)c2C#N)cc1. The highest BCUT2D eigenvalue weighted by Crippen LogP contribution is 2.36. The molecule has 0 amide bonds. The number of rotatable bonds is 6. The van der Waals surface area contributed by atoms with Gasteiger partial charge in [0.2, 0.25) is 0 Å². The Morgan fingerprint density at radius 2 is 1.61 bits per heavy atom. The van der Waals surface area contributed by atoms with Crippen molar-refractivity contribution in [2.75, 3.05) is 19.5 Å². The van der Waals surface area contributed by atoms with Crippen molar-refractivity contribution in [3.63, 3.8) is 0 Å². The van der Waals surface area contributed by atoms with E-state index >= 15 is 0 Å². The first kappa shape index (κ1) is 19.2. The Morgan fingerprint density at radius 1 is 1.00 bits per heavy atom. The van der Waals surface area contributed by atoms with Gasteiger partial charge in [-0.1, -0.05) is 19.1 Å². The number of hydrogen-bond acceptors (Lipinski definition) is 5. The van der Waals surface area contributed by atoms with E-state index in [4.69, 9.17) is 15.2 Å². The minimum atomic E-state index is 0.222. The van der Waals surface area contributed by atoms with E-state index in [0.29, 0.717) is 12.2 Å². The monoisotopic (exact) mass is 373 g/mol. The molecule has 0 aliphatic heterocycles. The largest absolute Gasteiger partial charge is 0.497 e. The van der Waals surface area contributed by atoms with Crippen LogP contribution in [0.15, 0.2) is 48.5 Å². The van der Waals surface area contributed by atoms with E-state index in [-0.39, 0.29) is 5.82 Å². The van der Waals surface area contributed by atoms with Gasteiger partial charge >= 0.3 is 0 Å². The summed E-state index contributed by atoms with van der Waals surface area (Å²) in [6, 6.07) is 17.6. The second kappa shape index (κ2) is 8.45. The Balaban J connectivity index is 2.11. The van der Waals surface area contributed by atoms with Crippen LogP contribution < -0.4 is 15.2 Å². The molecular weight excluding hydrogens is 350 g/mol. The molecule has 1 heterocycles. The maximum absolute atomic E-state index is 9.67. The highest BCUT2D eigenvalue weighted by atomic mass is 16.5. The van der Waals surface area contributed by atoms with Crippen molar-refractivity contribution < 1.29 is 9.47 Å². The van der Waals surface area contributed by atoms with Crippen LogP contribution in [0.2, 0.25) is 0 Å². The lowest BCUT2D eigenvalue weighted by Crippen LogP contribution is -2.03. The molecule has 0 radical (unpaired) electrons. The van der Waals surface area contributed by atoms with Gasteiger partial charge in [0, 0.05) is 11.1 Å². The molecule has 0 saturated carbocycles. The number of aromatic nitrogens is 1. The predicted molar refractivity (Wildman–Crippen MR) is 111 cm³/mol. The summed E-state index contributed by atoms with van der Waals surface area (Å²) in [4.78, 5) is 4.50. The second-order valence-electron chi connectivity index (χ2n) is 6.43. The molecule has 3 aromatic rings. The quantitative estimate of drug-likeness (QED) is 0.659. The fourth-order valence-electron chi connectivity index (χ4n) is 3.14. The number of nitrogens with zero attached hydrogens (tertiary/aromatic N) is 2. The molecular formula is C23H23N3O2. The van der Waals surface area contributed by atoms with Crippen LogP contribution in [-0.4, -0.2) is 18.7 Å². The van der Waals surface area contributed by atoms with Crippen LogP contribution in [-0.2, 0) is 0 Å². The molecule has 0 fully saturated rings. The maximum Gasteiger partial charge on any atom is 0.142 e. The molecule has 0 aliphatic carbocycles. The van der Waals surface area contributed by atoms with Crippen molar-refractivity contribution in [3.8, 4) is 40.0 Å². The fraction of sp³-hybridized carbons (Fsp3) is 0.217. The van der Waals surface area contributed by atoms with Gasteiger partial charge in [0.15, 0.2) is 0 Å². The first-order chi connectivity index (χ1) is 13.6. The molecule has 1 aromatic heterocycles. The summed E-state index contributed by atoms with van der Waals surface area (Å²) in [5.74, 6) is 1.80. The van der Waals surface area contributed by atoms with Gasteiger partial charge in [0.05, 0.1) is 19.4 Å². The molecule has 5 heteroatoms. The van der Waals surface area contributed by atoms with E-state index in [1.165, 1.54) is 0 Å². The van der Waals surface area contributed by atoms with Gasteiger partial charge in [-0.3, -0.25) is 0 Å². The number of anilines is 1. The number of nitriles is 1. The molecule has 28 heavy (non-hydrogen) atoms. The minimum Gasteiger partial charge on any atom is -0.497 e. The molecule has 0 spiro atoms. The third kappa shape index (κ3) is 3.77. The van der Waals surface area contributed by atoms with Crippen molar-refractivity contribution in [2.45, 2.75) is 20.3 Å². The Hall–Kier alpha value is -3.52. The maximum atomic E-state index is 9.67. The van der Waals surface area contributed by atoms with Crippen LogP contribution >= 0.6 is 0 Å². The summed E-state index contributed by atoms with van der Waals surface area (Å²) < 4.78 is 10.9. The van der Waals surface area contributed by atoms with E-state index in [0.717, 1.165) is 45.9 Å². The van der Waals surface area contributed by atoms with Crippen molar-refractivity contribution in [1.29, 1.82) is 5.26 Å². The Bertz CT molecular complexity index is 1000. The van der Waals surface area contributed by atoms with Crippen LogP contribution in [0.4, 0.5) is 5.82 Å². The van der Waals surface area contributed by atoms with Gasteiger partial charge in [0.1, 0.15) is 28.9 Å². The smallest absolute Gasteiger partial charge is 0.142 e. The van der Waals surface area contributed by atoms with E-state index < -0.39 is 0 Å². The van der Waals surface area contributed by atoms with Crippen molar-refractivity contribution in [3.05, 3.63) is 59.7 Å². The number of ether oxygens (including phenoxy) is 2. The van der Waals surface area contributed by atoms with E-state index in [1.807, 2.05) is 55.5 Å². The summed E-state index contributed by atoms with van der Waals surface area (Å²) in [5.41, 5.74) is 10.8. The molecule has 0 atom stereocenters. The van der Waals surface area contributed by atoms with Crippen molar-refractivity contribution in [1.82, 2.24) is 4.98 Å². The minimum absolute atomic E-state index is 0.222. The lowest BCUT2D eigenvalue weighted by Gasteiger charge is -2.16. The lowest BCUT2D eigenvalue weighted by molar-refractivity contribution is 0.317. The first-order valence-corrected chi connectivity index (χ1v) is 9.16. The van der Waals surface area contributed by atoms with Crippen LogP contribution in [0.1, 0.15) is 24.5 Å². The summed E-state index contributed by atoms with van der Waals surface area (Å²) in [5, 5.41) is 9.67. The lowest BCUT2D eigenvalue weighted by atomic mass is 9.93. The molecule has 2 N–H and O–H groups in total. The highest BCUT2D eigenvalue weighted by Gasteiger charge is 2.18. The average Bonchev–Trinajstić information content (AvgIpc) is 2.74. The van der Waals surface area contributed by atoms with Crippen LogP contribution in [0.5, 0.6) is 11.5 Å². The van der Waals surface area contributed by atoms with Crippen LogP contribution in [0.3, 0.4) is 0 Å². The summed E-state index contributed by atoms with van der Waals surface area (Å²) >= 11 is 0. The number of pyridine rings is 1. The second-order valence-corrected chi connectivity index (χ2v) is 6.43. The number of benzene rings is 2. The van der Waals surface area contributed by atoms with Gasteiger partial charge in [-0.25, -0.2) is 4.98 Å². The molecule has 142 valence electrons. The Labute approximate surface area is 165 Å². The number of nitrogen functional groups attached to an aromatic ring is 1. The van der Waals surface area contributed by atoms with Crippen molar-refractivity contribution in [2.24, 2.45) is 0 Å². The molecule has 0 saturated heterocycles. The number of nitrogens with two attached hydrogens (primary N) is 1. The molecule has 3 rings (SSSR count). The van der Waals surface area contributed by atoms with Crippen LogP contribution in [0, 0.1) is 18.3 Å². The van der Waals surface area contributed by atoms with Crippen LogP contribution in [0.25, 0.3) is 22.4 Å². The Morgan fingerprint density at radius 3 is 2.18 bits per heavy atom. The molecule has 5 nitrogen and oxygen atoms in total. The molecule has 2 aromatic carbocycles. The Kier molecular flexibility index (Phi) is 5.81. The first-order valence-electron chi connectivity index (χ1n) is 9.16. The van der Waals surface area contributed by atoms with Gasteiger partial charge in [-0.2, -0.15) is 5.26 Å². The van der Waals surface area contributed by atoms with Gasteiger partial charge in [-0.05, 0) is 60.9 Å². The van der Waals surface area contributed by atoms with Gasteiger partial charge in [0.25, 0.3) is 0 Å². The van der Waals surface area contributed by atoms with E-state index in [9.17, 15) is 5.26 Å². The average molecular weight is 373 g/mol. The standard InChI is InChI=1S/C23H23N3O2/c1-4-13-28-19-11-5-16(6-12-19)21-15(2)22(26-23(25)20(21)14-24)17-7-9-18(27-3)10-8-17/h5-12H,4,13H2,1-3H3,(H2,25,26). The van der Waals surface area contributed by atoms with E-state index in [2.05, 4.69) is 18.0 Å². The van der Waals surface area contributed by atoms with E-state index in [1.54, 1.807) is 7.11 Å². The zero-order valence-corrected chi connectivity index (χ0v) is 16.3. The zero-order valence-electron chi connectivity index (χ0n) is 16.3. The normalized spacial score (nSPS) is 10.4.